The van der Waals surface area contributed by atoms with Crippen LogP contribution in [0, 0.1) is 12.7 Å². The molecule has 0 amide bonds. The third kappa shape index (κ3) is 6.69. The molecule has 18 heavy (non-hydrogen) atoms. The van der Waals surface area contributed by atoms with E-state index in [1.54, 1.807) is 19.2 Å². The van der Waals surface area contributed by atoms with Crippen molar-refractivity contribution in [1.82, 2.24) is 10.6 Å². The van der Waals surface area contributed by atoms with Crippen LogP contribution in [0.25, 0.3) is 0 Å². The van der Waals surface area contributed by atoms with Gasteiger partial charge in [0.15, 0.2) is 0 Å². The summed E-state index contributed by atoms with van der Waals surface area (Å²) in [5.74, 6) is -0.159. The van der Waals surface area contributed by atoms with E-state index in [0.717, 1.165) is 50.3 Å². The summed E-state index contributed by atoms with van der Waals surface area (Å²) in [7, 11) is 1.70. The molecule has 1 aromatic rings. The molecule has 0 aliphatic rings. The lowest BCUT2D eigenvalue weighted by Gasteiger charge is -2.07. The average molecular weight is 254 g/mol. The standard InChI is InChI=1S/C14H23FN2O/c1-12-8-13(10-14(15)9-12)11-17-5-3-4-16-6-7-18-2/h8-10,16-17H,3-7,11H2,1-2H3. The van der Waals surface area contributed by atoms with Gasteiger partial charge in [-0.25, -0.2) is 4.39 Å². The molecule has 0 aromatic heterocycles. The second-order valence-electron chi connectivity index (χ2n) is 4.41. The Labute approximate surface area is 109 Å². The van der Waals surface area contributed by atoms with Gasteiger partial charge in [-0.3, -0.25) is 0 Å². The number of ether oxygens (including phenoxy) is 1. The largest absolute Gasteiger partial charge is 0.383 e. The van der Waals surface area contributed by atoms with Crippen LogP contribution in [0.2, 0.25) is 0 Å². The van der Waals surface area contributed by atoms with Gasteiger partial charge in [0.25, 0.3) is 0 Å². The third-order valence-electron chi connectivity index (χ3n) is 2.62. The van der Waals surface area contributed by atoms with Gasteiger partial charge in [0.2, 0.25) is 0 Å². The smallest absolute Gasteiger partial charge is 0.123 e. The maximum Gasteiger partial charge on any atom is 0.123 e. The first-order valence-electron chi connectivity index (χ1n) is 6.39. The maximum atomic E-state index is 13.1. The molecule has 102 valence electrons. The lowest BCUT2D eigenvalue weighted by Crippen LogP contribution is -2.24. The van der Waals surface area contributed by atoms with Gasteiger partial charge in [-0.1, -0.05) is 6.07 Å². The van der Waals surface area contributed by atoms with Gasteiger partial charge in [0.05, 0.1) is 6.61 Å². The Morgan fingerprint density at radius 3 is 2.61 bits per heavy atom. The normalized spacial score (nSPS) is 10.8. The van der Waals surface area contributed by atoms with E-state index in [2.05, 4.69) is 10.6 Å². The van der Waals surface area contributed by atoms with Crippen molar-refractivity contribution in [2.24, 2.45) is 0 Å². The van der Waals surface area contributed by atoms with Gasteiger partial charge in [0.1, 0.15) is 5.82 Å². The van der Waals surface area contributed by atoms with E-state index < -0.39 is 0 Å². The molecule has 1 rings (SSSR count). The molecular weight excluding hydrogens is 231 g/mol. The van der Waals surface area contributed by atoms with Gasteiger partial charge in [-0.05, 0) is 49.7 Å². The highest BCUT2D eigenvalue weighted by Gasteiger charge is 1.97. The highest BCUT2D eigenvalue weighted by molar-refractivity contribution is 5.23. The lowest BCUT2D eigenvalue weighted by atomic mass is 10.1. The molecule has 0 aliphatic heterocycles. The summed E-state index contributed by atoms with van der Waals surface area (Å²) in [6, 6.07) is 5.13. The second kappa shape index (κ2) is 9.03. The molecule has 0 radical (unpaired) electrons. The summed E-state index contributed by atoms with van der Waals surface area (Å²) >= 11 is 0. The molecule has 0 heterocycles. The van der Waals surface area contributed by atoms with Crippen LogP contribution in [-0.2, 0) is 11.3 Å². The number of hydrogen-bond donors (Lipinski definition) is 2. The van der Waals surface area contributed by atoms with Crippen molar-refractivity contribution in [3.8, 4) is 0 Å². The number of methoxy groups -OCH3 is 1. The van der Waals surface area contributed by atoms with E-state index in [0.29, 0.717) is 0 Å². The van der Waals surface area contributed by atoms with Crippen LogP contribution in [0.3, 0.4) is 0 Å². The van der Waals surface area contributed by atoms with E-state index in [9.17, 15) is 4.39 Å². The predicted octanol–water partition coefficient (Wildman–Crippen LogP) is 1.85. The highest BCUT2D eigenvalue weighted by atomic mass is 19.1. The van der Waals surface area contributed by atoms with Crippen LogP contribution in [0.15, 0.2) is 18.2 Å². The van der Waals surface area contributed by atoms with Gasteiger partial charge in [0, 0.05) is 20.2 Å². The molecule has 0 saturated heterocycles. The van der Waals surface area contributed by atoms with Crippen molar-refractivity contribution in [3.05, 3.63) is 35.1 Å². The highest BCUT2D eigenvalue weighted by Crippen LogP contribution is 2.07. The molecular formula is C14H23FN2O. The second-order valence-corrected chi connectivity index (χ2v) is 4.41. The van der Waals surface area contributed by atoms with Gasteiger partial charge in [-0.15, -0.1) is 0 Å². The molecule has 0 saturated carbocycles. The summed E-state index contributed by atoms with van der Waals surface area (Å²) in [6.07, 6.45) is 1.05. The van der Waals surface area contributed by atoms with Crippen LogP contribution in [0.4, 0.5) is 4.39 Å². The van der Waals surface area contributed by atoms with Crippen LogP contribution in [0.5, 0.6) is 0 Å². The van der Waals surface area contributed by atoms with Gasteiger partial charge in [-0.2, -0.15) is 0 Å². The fourth-order valence-electron chi connectivity index (χ4n) is 1.78. The van der Waals surface area contributed by atoms with E-state index >= 15 is 0 Å². The number of benzene rings is 1. The number of aryl methyl sites for hydroxylation is 1. The Bertz CT molecular complexity index is 324. The van der Waals surface area contributed by atoms with Crippen molar-refractivity contribution in [1.29, 1.82) is 0 Å². The summed E-state index contributed by atoms with van der Waals surface area (Å²) in [6.45, 7) is 6.16. The van der Waals surface area contributed by atoms with Gasteiger partial charge < -0.3 is 15.4 Å². The Kier molecular flexibility index (Phi) is 7.57. The van der Waals surface area contributed by atoms with Crippen LogP contribution in [0.1, 0.15) is 17.5 Å². The number of nitrogens with one attached hydrogen (secondary N) is 2. The molecule has 1 aromatic carbocycles. The Hall–Kier alpha value is -0.970. The minimum Gasteiger partial charge on any atom is -0.383 e. The molecule has 0 spiro atoms. The van der Waals surface area contributed by atoms with Crippen molar-refractivity contribution >= 4 is 0 Å². The summed E-state index contributed by atoms with van der Waals surface area (Å²) in [4.78, 5) is 0. The zero-order valence-electron chi connectivity index (χ0n) is 11.3. The molecule has 0 unspecified atom stereocenters. The topological polar surface area (TPSA) is 33.3 Å². The van der Waals surface area contributed by atoms with Gasteiger partial charge >= 0.3 is 0 Å². The quantitative estimate of drug-likeness (QED) is 0.660. The van der Waals surface area contributed by atoms with E-state index in [4.69, 9.17) is 4.74 Å². The van der Waals surface area contributed by atoms with Crippen molar-refractivity contribution < 1.29 is 9.13 Å². The lowest BCUT2D eigenvalue weighted by molar-refractivity contribution is 0.199. The zero-order valence-corrected chi connectivity index (χ0v) is 11.3. The molecule has 0 bridgehead atoms. The summed E-state index contributed by atoms with van der Waals surface area (Å²) in [5.41, 5.74) is 1.97. The van der Waals surface area contributed by atoms with Crippen LogP contribution < -0.4 is 10.6 Å². The van der Waals surface area contributed by atoms with E-state index in [-0.39, 0.29) is 5.82 Å². The van der Waals surface area contributed by atoms with E-state index in [1.165, 1.54) is 0 Å². The minimum atomic E-state index is -0.159. The Morgan fingerprint density at radius 1 is 1.11 bits per heavy atom. The zero-order chi connectivity index (χ0) is 13.2. The molecule has 0 atom stereocenters. The predicted molar refractivity (Wildman–Crippen MR) is 72.2 cm³/mol. The molecule has 2 N–H and O–H groups in total. The maximum absolute atomic E-state index is 13.1. The number of rotatable bonds is 9. The minimum absolute atomic E-state index is 0.159. The first-order chi connectivity index (χ1) is 8.72. The molecule has 0 aliphatic carbocycles. The molecule has 3 nitrogen and oxygen atoms in total. The van der Waals surface area contributed by atoms with Crippen molar-refractivity contribution in [3.63, 3.8) is 0 Å². The number of halogens is 1. The number of hydrogen-bond acceptors (Lipinski definition) is 3. The Morgan fingerprint density at radius 2 is 1.89 bits per heavy atom. The fourth-order valence-corrected chi connectivity index (χ4v) is 1.78. The first-order valence-corrected chi connectivity index (χ1v) is 6.39. The summed E-state index contributed by atoms with van der Waals surface area (Å²) < 4.78 is 18.1. The fraction of sp³-hybridized carbons (Fsp3) is 0.571. The molecule has 0 fully saturated rings. The van der Waals surface area contributed by atoms with Crippen LogP contribution in [-0.4, -0.2) is 33.4 Å². The van der Waals surface area contributed by atoms with Crippen molar-refractivity contribution in [2.45, 2.75) is 19.9 Å². The van der Waals surface area contributed by atoms with Crippen molar-refractivity contribution in [2.75, 3.05) is 33.4 Å². The van der Waals surface area contributed by atoms with Crippen LogP contribution >= 0.6 is 0 Å². The monoisotopic (exact) mass is 254 g/mol. The summed E-state index contributed by atoms with van der Waals surface area (Å²) in [5, 5.41) is 6.59. The third-order valence-corrected chi connectivity index (χ3v) is 2.62. The molecule has 4 heteroatoms. The average Bonchev–Trinajstić information content (AvgIpc) is 2.31. The Balaban J connectivity index is 2.07. The van der Waals surface area contributed by atoms with E-state index in [1.807, 2.05) is 13.0 Å². The SMILES string of the molecule is COCCNCCCNCc1cc(C)cc(F)c1. The first kappa shape index (κ1) is 15.1.